The number of rotatable bonds is 4. The number of hydrogen-bond donors (Lipinski definition) is 1. The van der Waals surface area contributed by atoms with E-state index in [-0.39, 0.29) is 18.4 Å². The molecule has 2 unspecified atom stereocenters. The van der Waals surface area contributed by atoms with E-state index in [2.05, 4.69) is 0 Å². The molecule has 34 heavy (non-hydrogen) atoms. The maximum Gasteiger partial charge on any atom is 0.417 e. The summed E-state index contributed by atoms with van der Waals surface area (Å²) in [5.41, 5.74) is -0.127. The number of hydrogen-bond acceptors (Lipinski definition) is 5. The van der Waals surface area contributed by atoms with Crippen LogP contribution >= 0.6 is 0 Å². The summed E-state index contributed by atoms with van der Waals surface area (Å²) in [7, 11) is 1.56. The number of likely N-dealkylation sites (tertiary alicyclic amines) is 1. The van der Waals surface area contributed by atoms with Crippen molar-refractivity contribution in [2.24, 2.45) is 11.3 Å². The summed E-state index contributed by atoms with van der Waals surface area (Å²) in [4.78, 5) is 16.9. The van der Waals surface area contributed by atoms with Crippen molar-refractivity contribution in [1.29, 1.82) is 5.26 Å². The van der Waals surface area contributed by atoms with Gasteiger partial charge in [0.2, 0.25) is 0 Å². The Morgan fingerprint density at radius 1 is 1.26 bits per heavy atom. The zero-order chi connectivity index (χ0) is 24.7. The van der Waals surface area contributed by atoms with Crippen molar-refractivity contribution in [1.82, 2.24) is 4.90 Å². The van der Waals surface area contributed by atoms with Crippen LogP contribution in [0, 0.1) is 29.6 Å². The monoisotopic (exact) mass is 473 g/mol. The highest BCUT2D eigenvalue weighted by Gasteiger charge is 2.50. The number of anilines is 1. The lowest BCUT2D eigenvalue weighted by atomic mass is 9.73. The second-order valence-electron chi connectivity index (χ2n) is 9.12. The van der Waals surface area contributed by atoms with Gasteiger partial charge in [0.25, 0.3) is 5.91 Å². The molecule has 180 valence electrons. The smallest absolute Gasteiger partial charge is 0.417 e. The van der Waals surface area contributed by atoms with Gasteiger partial charge in [0.1, 0.15) is 5.75 Å². The minimum Gasteiger partial charge on any atom is -0.497 e. The van der Waals surface area contributed by atoms with E-state index in [4.69, 9.17) is 10.00 Å². The van der Waals surface area contributed by atoms with Gasteiger partial charge in [-0.3, -0.25) is 4.79 Å². The van der Waals surface area contributed by atoms with Crippen LogP contribution in [0.1, 0.15) is 33.5 Å². The number of aryl methyl sites for hydroxylation is 1. The van der Waals surface area contributed by atoms with Crippen molar-refractivity contribution >= 4 is 11.6 Å². The minimum absolute atomic E-state index is 0.0984. The third-order valence-corrected chi connectivity index (χ3v) is 7.19. The number of alkyl halides is 3. The summed E-state index contributed by atoms with van der Waals surface area (Å²) in [6.45, 7) is 3.40. The predicted molar refractivity (Wildman–Crippen MR) is 120 cm³/mol. The first kappa shape index (κ1) is 23.9. The largest absolute Gasteiger partial charge is 0.497 e. The third kappa shape index (κ3) is 4.18. The number of fused-ring (bicyclic) bond motifs is 1. The van der Waals surface area contributed by atoms with Crippen molar-refractivity contribution in [3.05, 3.63) is 58.7 Å². The molecule has 6 nitrogen and oxygen atoms in total. The van der Waals surface area contributed by atoms with Gasteiger partial charge in [0, 0.05) is 48.8 Å². The lowest BCUT2D eigenvalue weighted by molar-refractivity contribution is -0.137. The molecule has 2 aromatic rings. The van der Waals surface area contributed by atoms with Crippen LogP contribution in [0.3, 0.4) is 0 Å². The average Bonchev–Trinajstić information content (AvgIpc) is 3.22. The molecule has 9 heteroatoms. The number of halogens is 3. The quantitative estimate of drug-likeness (QED) is 0.730. The molecule has 1 N–H and O–H groups in total. The Labute approximate surface area is 196 Å². The molecule has 2 saturated heterocycles. The number of nitriles is 1. The Hall–Kier alpha value is -3.25. The lowest BCUT2D eigenvalue weighted by Gasteiger charge is -2.43. The van der Waals surface area contributed by atoms with Crippen LogP contribution in [0.4, 0.5) is 18.9 Å². The Kier molecular flexibility index (Phi) is 6.21. The third-order valence-electron chi connectivity index (χ3n) is 7.19. The minimum atomic E-state index is -4.63. The Morgan fingerprint density at radius 3 is 2.65 bits per heavy atom. The van der Waals surface area contributed by atoms with Crippen LogP contribution in [0.25, 0.3) is 0 Å². The molecule has 0 saturated carbocycles. The lowest BCUT2D eigenvalue weighted by Crippen LogP contribution is -2.49. The predicted octanol–water partition coefficient (Wildman–Crippen LogP) is 3.86. The summed E-state index contributed by atoms with van der Waals surface area (Å²) in [6, 6.07) is 10.6. The summed E-state index contributed by atoms with van der Waals surface area (Å²) in [5.74, 6) is 0.428. The number of nitrogens with zero attached hydrogens (tertiary/aromatic N) is 3. The highest BCUT2D eigenvalue weighted by molar-refractivity contribution is 5.96. The number of carbonyl (C=O) groups is 1. The second-order valence-corrected chi connectivity index (χ2v) is 9.12. The molecule has 2 aliphatic heterocycles. The number of ether oxygens (including phenoxy) is 1. The van der Waals surface area contributed by atoms with E-state index in [1.807, 2.05) is 11.8 Å². The van der Waals surface area contributed by atoms with Gasteiger partial charge in [-0.1, -0.05) is 0 Å². The van der Waals surface area contributed by atoms with E-state index in [1.165, 1.54) is 12.1 Å². The molecule has 4 rings (SSSR count). The van der Waals surface area contributed by atoms with E-state index >= 15 is 0 Å². The maximum atomic E-state index is 13.4. The first-order valence-corrected chi connectivity index (χ1v) is 11.0. The topological polar surface area (TPSA) is 76.8 Å². The second kappa shape index (κ2) is 8.84. The molecule has 0 aromatic heterocycles. The fourth-order valence-corrected chi connectivity index (χ4v) is 5.16. The fourth-order valence-electron chi connectivity index (χ4n) is 5.16. The van der Waals surface area contributed by atoms with Crippen LogP contribution in [0.15, 0.2) is 36.4 Å². The molecule has 2 atom stereocenters. The fraction of sp³-hybridized carbons (Fsp3) is 0.440. The number of benzene rings is 2. The average molecular weight is 473 g/mol. The van der Waals surface area contributed by atoms with Crippen molar-refractivity contribution in [3.63, 3.8) is 0 Å². The molecule has 0 radical (unpaired) electrons. The number of piperidine rings is 1. The molecule has 1 amide bonds. The van der Waals surface area contributed by atoms with Crippen LogP contribution < -0.4 is 9.64 Å². The standard InChI is InChI=1S/C25H26F3N3O3/c1-16-9-20(34-2)5-6-21(16)23(33)31-13-18-12-30(8-7-24(18,14-31)15-32)19-4-3-17(11-29)22(10-19)25(26,27)28/h3-6,9-10,18,32H,7-8,12-15H2,1-2H3. The summed E-state index contributed by atoms with van der Waals surface area (Å²) in [5, 5.41) is 19.3. The zero-order valence-electron chi connectivity index (χ0n) is 19.0. The number of carbonyl (C=O) groups excluding carboxylic acids is 1. The Morgan fingerprint density at radius 2 is 2.03 bits per heavy atom. The molecule has 0 bridgehead atoms. The van der Waals surface area contributed by atoms with E-state index in [9.17, 15) is 23.1 Å². The summed E-state index contributed by atoms with van der Waals surface area (Å²) >= 11 is 0. The Bertz CT molecular complexity index is 1140. The molecular formula is C25H26F3N3O3. The van der Waals surface area contributed by atoms with Gasteiger partial charge >= 0.3 is 6.18 Å². The SMILES string of the molecule is COc1ccc(C(=O)N2CC3CN(c4ccc(C#N)c(C(F)(F)F)c4)CCC3(CO)C2)c(C)c1. The molecule has 2 aliphatic rings. The van der Waals surface area contributed by atoms with E-state index < -0.39 is 22.7 Å². The molecular weight excluding hydrogens is 447 g/mol. The molecule has 2 aromatic carbocycles. The molecule has 2 fully saturated rings. The van der Waals surface area contributed by atoms with Crippen molar-refractivity contribution in [2.75, 3.05) is 44.8 Å². The van der Waals surface area contributed by atoms with E-state index in [1.54, 1.807) is 36.3 Å². The van der Waals surface area contributed by atoms with Crippen molar-refractivity contribution < 1.29 is 27.8 Å². The van der Waals surface area contributed by atoms with Crippen LogP contribution in [-0.2, 0) is 6.18 Å². The molecule has 0 aliphatic carbocycles. The van der Waals surface area contributed by atoms with Crippen LogP contribution in [-0.4, -0.2) is 55.8 Å². The first-order chi connectivity index (χ1) is 16.1. The number of methoxy groups -OCH3 is 1. The highest BCUT2D eigenvalue weighted by Crippen LogP contribution is 2.44. The van der Waals surface area contributed by atoms with Crippen LogP contribution in [0.5, 0.6) is 5.75 Å². The van der Waals surface area contributed by atoms with Crippen LogP contribution in [0.2, 0.25) is 0 Å². The van der Waals surface area contributed by atoms with Crippen molar-refractivity contribution in [3.8, 4) is 11.8 Å². The Balaban J connectivity index is 1.57. The maximum absolute atomic E-state index is 13.4. The van der Waals surface area contributed by atoms with Gasteiger partial charge in [-0.25, -0.2) is 0 Å². The van der Waals surface area contributed by atoms with Gasteiger partial charge in [0.15, 0.2) is 0 Å². The number of amides is 1. The summed E-state index contributed by atoms with van der Waals surface area (Å²) in [6.07, 6.45) is -4.08. The van der Waals surface area contributed by atoms with Gasteiger partial charge in [0.05, 0.1) is 30.9 Å². The normalized spacial score (nSPS) is 22.3. The highest BCUT2D eigenvalue weighted by atomic mass is 19.4. The number of aliphatic hydroxyl groups is 1. The van der Waals surface area contributed by atoms with Gasteiger partial charge in [-0.15, -0.1) is 0 Å². The van der Waals surface area contributed by atoms with E-state index in [0.29, 0.717) is 49.6 Å². The van der Waals surface area contributed by atoms with Gasteiger partial charge in [-0.05, 0) is 55.3 Å². The number of aliphatic hydroxyl groups excluding tert-OH is 1. The van der Waals surface area contributed by atoms with E-state index in [0.717, 1.165) is 11.6 Å². The van der Waals surface area contributed by atoms with Gasteiger partial charge < -0.3 is 19.6 Å². The molecule has 0 spiro atoms. The van der Waals surface area contributed by atoms with Gasteiger partial charge in [-0.2, -0.15) is 18.4 Å². The van der Waals surface area contributed by atoms with Crippen molar-refractivity contribution in [2.45, 2.75) is 19.5 Å². The zero-order valence-corrected chi connectivity index (χ0v) is 19.0. The molecule has 2 heterocycles. The summed E-state index contributed by atoms with van der Waals surface area (Å²) < 4.78 is 45.5. The first-order valence-electron chi connectivity index (χ1n) is 11.0.